The SMILES string of the molecule is CCOC(=O)C1=C(C)N=c2s/c(=C3\C(=O)Nc4ccc(Cl)cc43)c(=O)n2[C@@H]1c1ccc(F)cc1. The predicted octanol–water partition coefficient (Wildman–Crippen LogP) is 2.91. The van der Waals surface area contributed by atoms with Gasteiger partial charge >= 0.3 is 5.97 Å². The molecule has 5 rings (SSSR count). The summed E-state index contributed by atoms with van der Waals surface area (Å²) >= 11 is 7.19. The molecule has 0 radical (unpaired) electrons. The van der Waals surface area contributed by atoms with E-state index in [4.69, 9.17) is 16.3 Å². The van der Waals surface area contributed by atoms with Gasteiger partial charge in [0.25, 0.3) is 11.5 Å². The molecule has 1 atom stereocenters. The number of thiazole rings is 1. The lowest BCUT2D eigenvalue weighted by Gasteiger charge is -2.24. The zero-order valence-electron chi connectivity index (χ0n) is 18.0. The second kappa shape index (κ2) is 8.34. The van der Waals surface area contributed by atoms with Crippen molar-refractivity contribution in [2.45, 2.75) is 19.9 Å². The van der Waals surface area contributed by atoms with Crippen molar-refractivity contribution in [3.8, 4) is 0 Å². The van der Waals surface area contributed by atoms with Gasteiger partial charge in [0, 0.05) is 16.3 Å². The summed E-state index contributed by atoms with van der Waals surface area (Å²) in [4.78, 5) is 44.3. The molecule has 0 spiro atoms. The standard InChI is InChI=1S/C24H17ClFN3O4S/c1-3-33-23(32)17-11(2)27-24-29(19(17)12-4-7-14(26)8-5-12)22(31)20(34-24)18-15-10-13(25)6-9-16(15)28-21(18)30/h4-10,19H,3H2,1-2H3,(H,28,30)/b20-18-/t19-/m1/s1. The van der Waals surface area contributed by atoms with E-state index in [-0.39, 0.29) is 22.3 Å². The number of nitrogens with one attached hydrogen (secondary N) is 1. The number of anilines is 1. The first kappa shape index (κ1) is 22.2. The van der Waals surface area contributed by atoms with Gasteiger partial charge in [-0.15, -0.1) is 0 Å². The van der Waals surface area contributed by atoms with Gasteiger partial charge in [-0.2, -0.15) is 0 Å². The van der Waals surface area contributed by atoms with Crippen molar-refractivity contribution in [1.82, 2.24) is 4.57 Å². The average Bonchev–Trinajstić information content (AvgIpc) is 3.28. The molecule has 0 unspecified atom stereocenters. The molecular formula is C24H17ClFN3O4S. The molecule has 0 bridgehead atoms. The fraction of sp³-hybridized carbons (Fsp3) is 0.167. The molecule has 2 aliphatic rings. The summed E-state index contributed by atoms with van der Waals surface area (Å²) in [7, 11) is 0. The highest BCUT2D eigenvalue weighted by Crippen LogP contribution is 2.33. The number of fused-ring (bicyclic) bond motifs is 2. The third-order valence-corrected chi connectivity index (χ3v) is 6.92. The maximum Gasteiger partial charge on any atom is 0.338 e. The molecule has 0 saturated carbocycles. The van der Waals surface area contributed by atoms with Crippen molar-refractivity contribution in [2.75, 3.05) is 11.9 Å². The Morgan fingerprint density at radius 1 is 1.24 bits per heavy atom. The van der Waals surface area contributed by atoms with Crippen molar-refractivity contribution in [3.05, 3.63) is 95.4 Å². The van der Waals surface area contributed by atoms with Crippen LogP contribution in [-0.2, 0) is 14.3 Å². The van der Waals surface area contributed by atoms with Gasteiger partial charge in [-0.1, -0.05) is 35.1 Å². The number of carbonyl (C=O) groups excluding carboxylic acids is 2. The zero-order chi connectivity index (χ0) is 24.1. The van der Waals surface area contributed by atoms with Crippen LogP contribution in [0.3, 0.4) is 0 Å². The van der Waals surface area contributed by atoms with Gasteiger partial charge < -0.3 is 10.1 Å². The van der Waals surface area contributed by atoms with Gasteiger partial charge in [-0.05, 0) is 49.7 Å². The molecule has 7 nitrogen and oxygen atoms in total. The Hall–Kier alpha value is -3.56. The topological polar surface area (TPSA) is 89.8 Å². The van der Waals surface area contributed by atoms with Crippen LogP contribution in [0.2, 0.25) is 5.02 Å². The minimum Gasteiger partial charge on any atom is -0.463 e. The minimum absolute atomic E-state index is 0.137. The van der Waals surface area contributed by atoms with E-state index in [2.05, 4.69) is 10.3 Å². The fourth-order valence-corrected chi connectivity index (χ4v) is 5.48. The summed E-state index contributed by atoms with van der Waals surface area (Å²) in [6.07, 6.45) is 0. The smallest absolute Gasteiger partial charge is 0.338 e. The lowest BCUT2D eigenvalue weighted by Crippen LogP contribution is -2.40. The Balaban J connectivity index is 1.82. The van der Waals surface area contributed by atoms with Crippen molar-refractivity contribution in [2.24, 2.45) is 4.99 Å². The first-order valence-electron chi connectivity index (χ1n) is 10.4. The van der Waals surface area contributed by atoms with Gasteiger partial charge in [0.15, 0.2) is 4.80 Å². The molecule has 3 aromatic rings. The van der Waals surface area contributed by atoms with Crippen molar-refractivity contribution >= 4 is 46.1 Å². The van der Waals surface area contributed by atoms with E-state index >= 15 is 0 Å². The Morgan fingerprint density at radius 3 is 2.68 bits per heavy atom. The highest BCUT2D eigenvalue weighted by Gasteiger charge is 2.35. The molecule has 2 aliphatic heterocycles. The molecule has 0 fully saturated rings. The van der Waals surface area contributed by atoms with Gasteiger partial charge in [-0.3, -0.25) is 14.2 Å². The molecule has 1 N–H and O–H groups in total. The van der Waals surface area contributed by atoms with Crippen LogP contribution in [0.15, 0.2) is 63.5 Å². The third kappa shape index (κ3) is 3.48. The molecule has 0 aliphatic carbocycles. The van der Waals surface area contributed by atoms with E-state index < -0.39 is 29.3 Å². The second-order valence-corrected chi connectivity index (χ2v) is 9.11. The van der Waals surface area contributed by atoms with E-state index in [0.29, 0.717) is 32.3 Å². The maximum absolute atomic E-state index is 13.8. The van der Waals surface area contributed by atoms with Gasteiger partial charge in [0.05, 0.1) is 29.5 Å². The van der Waals surface area contributed by atoms with Crippen LogP contribution in [0.5, 0.6) is 0 Å². The number of esters is 1. The molecule has 10 heteroatoms. The molecule has 2 aromatic carbocycles. The number of rotatable bonds is 3. The van der Waals surface area contributed by atoms with Crippen LogP contribution in [-0.4, -0.2) is 23.1 Å². The summed E-state index contributed by atoms with van der Waals surface area (Å²) in [5, 5.41) is 3.17. The van der Waals surface area contributed by atoms with E-state index in [1.807, 2.05) is 0 Å². The summed E-state index contributed by atoms with van der Waals surface area (Å²) < 4.78 is 20.4. The van der Waals surface area contributed by atoms with Gasteiger partial charge in [-0.25, -0.2) is 14.2 Å². The monoisotopic (exact) mass is 497 g/mol. The van der Waals surface area contributed by atoms with E-state index in [0.717, 1.165) is 11.3 Å². The van der Waals surface area contributed by atoms with Gasteiger partial charge in [0.1, 0.15) is 10.3 Å². The maximum atomic E-state index is 13.8. The fourth-order valence-electron chi connectivity index (χ4n) is 4.17. The van der Waals surface area contributed by atoms with E-state index in [1.54, 1.807) is 32.0 Å². The summed E-state index contributed by atoms with van der Waals surface area (Å²) in [6, 6.07) is 9.58. The number of amides is 1. The van der Waals surface area contributed by atoms with E-state index in [1.165, 1.54) is 28.8 Å². The van der Waals surface area contributed by atoms with Crippen LogP contribution in [0.4, 0.5) is 10.1 Å². The Labute approximate surface area is 201 Å². The van der Waals surface area contributed by atoms with Crippen LogP contribution in [0.25, 0.3) is 5.57 Å². The molecule has 34 heavy (non-hydrogen) atoms. The molecular weight excluding hydrogens is 481 g/mol. The van der Waals surface area contributed by atoms with Crippen molar-refractivity contribution in [3.63, 3.8) is 0 Å². The highest BCUT2D eigenvalue weighted by molar-refractivity contribution is 7.07. The summed E-state index contributed by atoms with van der Waals surface area (Å²) in [6.45, 7) is 3.47. The first-order valence-corrected chi connectivity index (χ1v) is 11.6. The Kier molecular flexibility index (Phi) is 5.45. The van der Waals surface area contributed by atoms with E-state index in [9.17, 15) is 18.8 Å². The van der Waals surface area contributed by atoms with Crippen LogP contribution >= 0.6 is 22.9 Å². The minimum atomic E-state index is -0.895. The number of hydrogen-bond acceptors (Lipinski definition) is 6. The Bertz CT molecular complexity index is 1590. The predicted molar refractivity (Wildman–Crippen MR) is 126 cm³/mol. The molecule has 172 valence electrons. The number of ether oxygens (including phenoxy) is 1. The molecule has 1 aromatic heterocycles. The number of halogens is 2. The van der Waals surface area contributed by atoms with Crippen LogP contribution in [0, 0.1) is 5.82 Å². The van der Waals surface area contributed by atoms with Crippen LogP contribution in [0.1, 0.15) is 31.0 Å². The second-order valence-electron chi connectivity index (χ2n) is 7.69. The quantitative estimate of drug-likeness (QED) is 0.563. The molecule has 1 amide bonds. The summed E-state index contributed by atoms with van der Waals surface area (Å²) in [5.41, 5.74) is 1.83. The van der Waals surface area contributed by atoms with Crippen molar-refractivity contribution in [1.29, 1.82) is 0 Å². The third-order valence-electron chi connectivity index (χ3n) is 5.63. The zero-order valence-corrected chi connectivity index (χ0v) is 19.6. The van der Waals surface area contributed by atoms with Crippen LogP contribution < -0.4 is 20.2 Å². The largest absolute Gasteiger partial charge is 0.463 e. The lowest BCUT2D eigenvalue weighted by molar-refractivity contribution is -0.139. The lowest BCUT2D eigenvalue weighted by atomic mass is 9.96. The number of hydrogen-bond donors (Lipinski definition) is 1. The Morgan fingerprint density at radius 2 is 1.97 bits per heavy atom. The first-order chi connectivity index (χ1) is 16.3. The number of carbonyl (C=O) groups is 2. The average molecular weight is 498 g/mol. The number of nitrogens with zero attached hydrogens (tertiary/aromatic N) is 2. The summed E-state index contributed by atoms with van der Waals surface area (Å²) in [5.74, 6) is -1.50. The van der Waals surface area contributed by atoms with Crippen molar-refractivity contribution < 1.29 is 18.7 Å². The number of benzene rings is 2. The molecule has 3 heterocycles. The molecule has 0 saturated heterocycles. The number of allylic oxidation sites excluding steroid dienone is 1. The normalized spacial score (nSPS) is 18.2. The highest BCUT2D eigenvalue weighted by atomic mass is 35.5. The van der Waals surface area contributed by atoms with Gasteiger partial charge in [0.2, 0.25) is 0 Å². The number of aromatic nitrogens is 1.